The highest BCUT2D eigenvalue weighted by molar-refractivity contribution is 6.11. The highest BCUT2D eigenvalue weighted by Crippen LogP contribution is 2.44. The second kappa shape index (κ2) is 16.1. The lowest BCUT2D eigenvalue weighted by atomic mass is 9.98. The van der Waals surface area contributed by atoms with Gasteiger partial charge >= 0.3 is 0 Å². The first-order chi connectivity index (χ1) is 30.8. The Bertz CT molecular complexity index is 3290. The summed E-state index contributed by atoms with van der Waals surface area (Å²) in [6, 6.07) is 92.1. The van der Waals surface area contributed by atoms with Crippen LogP contribution in [0.4, 0.5) is 17.1 Å². The van der Waals surface area contributed by atoms with Crippen LogP contribution in [0.3, 0.4) is 0 Å². The van der Waals surface area contributed by atoms with Crippen LogP contribution in [0.2, 0.25) is 0 Å². The number of fused-ring (bicyclic) bond motifs is 3. The molecule has 0 radical (unpaired) electrons. The van der Waals surface area contributed by atoms with Gasteiger partial charge in [-0.1, -0.05) is 212 Å². The third kappa shape index (κ3) is 6.84. The number of benzene rings is 10. The molecule has 62 heavy (non-hydrogen) atoms. The predicted octanol–water partition coefficient (Wildman–Crippen LogP) is 16.6. The minimum Gasteiger partial charge on any atom is -0.310 e. The molecule has 0 atom stereocenters. The first-order valence-corrected chi connectivity index (χ1v) is 21.3. The molecule has 0 fully saturated rings. The summed E-state index contributed by atoms with van der Waals surface area (Å²) in [5.74, 6) is 0. The summed E-state index contributed by atoms with van der Waals surface area (Å²) in [4.78, 5) is 2.42. The van der Waals surface area contributed by atoms with Crippen molar-refractivity contribution in [3.63, 3.8) is 0 Å². The van der Waals surface area contributed by atoms with E-state index in [2.05, 4.69) is 264 Å². The van der Waals surface area contributed by atoms with Crippen molar-refractivity contribution in [2.45, 2.75) is 0 Å². The van der Waals surface area contributed by atoms with Crippen molar-refractivity contribution in [2.24, 2.45) is 0 Å². The second-order valence-corrected chi connectivity index (χ2v) is 15.7. The van der Waals surface area contributed by atoms with Crippen LogP contribution in [0, 0.1) is 0 Å². The van der Waals surface area contributed by atoms with Crippen molar-refractivity contribution in [3.8, 4) is 61.3 Å². The number of nitrogens with zero attached hydrogens (tertiary/aromatic N) is 2. The molecule has 0 aliphatic heterocycles. The molecular formula is C60H42N2. The average molecular weight is 791 g/mol. The molecule has 0 bridgehead atoms. The van der Waals surface area contributed by atoms with Crippen LogP contribution in [0.15, 0.2) is 255 Å². The summed E-state index contributed by atoms with van der Waals surface area (Å²) >= 11 is 0. The monoisotopic (exact) mass is 790 g/mol. The number of hydrogen-bond donors (Lipinski definition) is 0. The maximum absolute atomic E-state index is 2.46. The first-order valence-electron chi connectivity index (χ1n) is 21.3. The number of rotatable bonds is 9. The van der Waals surface area contributed by atoms with E-state index in [1.54, 1.807) is 0 Å². The summed E-state index contributed by atoms with van der Waals surface area (Å²) in [5.41, 5.74) is 18.6. The Balaban J connectivity index is 1.09. The first kappa shape index (κ1) is 36.8. The average Bonchev–Trinajstić information content (AvgIpc) is 3.69. The van der Waals surface area contributed by atoms with Crippen molar-refractivity contribution in [3.05, 3.63) is 255 Å². The number of hydrogen-bond acceptors (Lipinski definition) is 1. The Morgan fingerprint density at radius 3 is 1.26 bits per heavy atom. The van der Waals surface area contributed by atoms with Gasteiger partial charge in [-0.2, -0.15) is 0 Å². The van der Waals surface area contributed by atoms with Gasteiger partial charge in [0.2, 0.25) is 0 Å². The molecule has 292 valence electrons. The molecule has 0 amide bonds. The molecule has 0 saturated carbocycles. The molecule has 0 saturated heterocycles. The van der Waals surface area contributed by atoms with Crippen molar-refractivity contribution in [1.29, 1.82) is 0 Å². The van der Waals surface area contributed by atoms with Gasteiger partial charge in [-0.15, -0.1) is 0 Å². The molecule has 0 aliphatic rings. The maximum atomic E-state index is 2.46. The molecular weight excluding hydrogens is 749 g/mol. The largest absolute Gasteiger partial charge is 0.310 e. The number of aromatic nitrogens is 1. The van der Waals surface area contributed by atoms with Gasteiger partial charge in [0.15, 0.2) is 0 Å². The van der Waals surface area contributed by atoms with Crippen LogP contribution in [0.5, 0.6) is 0 Å². The highest BCUT2D eigenvalue weighted by Gasteiger charge is 2.21. The van der Waals surface area contributed by atoms with Gasteiger partial charge in [-0.25, -0.2) is 0 Å². The summed E-state index contributed by atoms with van der Waals surface area (Å²) in [5, 5.41) is 2.43. The summed E-state index contributed by atoms with van der Waals surface area (Å²) in [6.45, 7) is 0. The van der Waals surface area contributed by atoms with E-state index in [0.29, 0.717) is 0 Å². The van der Waals surface area contributed by atoms with Crippen molar-refractivity contribution < 1.29 is 0 Å². The predicted molar refractivity (Wildman–Crippen MR) is 263 cm³/mol. The maximum Gasteiger partial charge on any atom is 0.0562 e. The number of para-hydroxylation sites is 3. The Labute approximate surface area is 362 Å². The Kier molecular flexibility index (Phi) is 9.57. The summed E-state index contributed by atoms with van der Waals surface area (Å²) in [6.07, 6.45) is 0. The molecule has 1 aromatic heterocycles. The Hall–Kier alpha value is -8.20. The second-order valence-electron chi connectivity index (χ2n) is 15.7. The Morgan fingerprint density at radius 2 is 0.661 bits per heavy atom. The zero-order valence-electron chi connectivity index (χ0n) is 34.1. The van der Waals surface area contributed by atoms with Crippen LogP contribution >= 0.6 is 0 Å². The van der Waals surface area contributed by atoms with Crippen LogP contribution in [0.1, 0.15) is 0 Å². The molecule has 0 spiro atoms. The SMILES string of the molecule is c1ccc(-c2ccc(-c3ccccc3N(c3ccc(-c4ccccc4)cc3)c3ccc4c5ccccc5n(-c5ccccc5-c5ccc(-c6ccccc6)cc5)c4c3)cc2)cc1. The number of anilines is 3. The lowest BCUT2D eigenvalue weighted by molar-refractivity contribution is 1.18. The van der Waals surface area contributed by atoms with Gasteiger partial charge in [0.1, 0.15) is 0 Å². The molecule has 11 aromatic rings. The minimum absolute atomic E-state index is 1.08. The molecule has 0 aliphatic carbocycles. The van der Waals surface area contributed by atoms with Gasteiger partial charge in [0.25, 0.3) is 0 Å². The minimum atomic E-state index is 1.08. The van der Waals surface area contributed by atoms with Gasteiger partial charge in [0, 0.05) is 33.3 Å². The van der Waals surface area contributed by atoms with Gasteiger partial charge in [-0.3, -0.25) is 0 Å². The normalized spacial score (nSPS) is 11.2. The van der Waals surface area contributed by atoms with Crippen LogP contribution in [-0.2, 0) is 0 Å². The fourth-order valence-corrected chi connectivity index (χ4v) is 8.99. The third-order valence-electron chi connectivity index (χ3n) is 12.0. The van der Waals surface area contributed by atoms with E-state index < -0.39 is 0 Å². The smallest absolute Gasteiger partial charge is 0.0562 e. The Morgan fingerprint density at radius 1 is 0.258 bits per heavy atom. The van der Waals surface area contributed by atoms with E-state index in [9.17, 15) is 0 Å². The van der Waals surface area contributed by atoms with E-state index in [1.807, 2.05) is 0 Å². The van der Waals surface area contributed by atoms with Crippen LogP contribution < -0.4 is 4.90 Å². The zero-order valence-corrected chi connectivity index (χ0v) is 34.1. The molecule has 10 aromatic carbocycles. The van der Waals surface area contributed by atoms with E-state index in [1.165, 1.54) is 60.8 Å². The molecule has 2 heteroatoms. The lowest BCUT2D eigenvalue weighted by Gasteiger charge is -2.28. The van der Waals surface area contributed by atoms with E-state index in [-0.39, 0.29) is 0 Å². The van der Waals surface area contributed by atoms with Crippen molar-refractivity contribution >= 4 is 38.9 Å². The lowest BCUT2D eigenvalue weighted by Crippen LogP contribution is -2.11. The van der Waals surface area contributed by atoms with Crippen LogP contribution in [-0.4, -0.2) is 4.57 Å². The summed E-state index contributed by atoms with van der Waals surface area (Å²) < 4.78 is 2.46. The third-order valence-corrected chi connectivity index (χ3v) is 12.0. The van der Waals surface area contributed by atoms with Gasteiger partial charge < -0.3 is 9.47 Å². The zero-order chi connectivity index (χ0) is 41.2. The molecule has 0 unspecified atom stereocenters. The molecule has 11 rings (SSSR count). The van der Waals surface area contributed by atoms with Gasteiger partial charge in [0.05, 0.1) is 22.4 Å². The fraction of sp³-hybridized carbons (Fsp3) is 0. The van der Waals surface area contributed by atoms with E-state index >= 15 is 0 Å². The van der Waals surface area contributed by atoms with Gasteiger partial charge in [-0.05, 0) is 87.0 Å². The van der Waals surface area contributed by atoms with E-state index in [4.69, 9.17) is 0 Å². The summed E-state index contributed by atoms with van der Waals surface area (Å²) in [7, 11) is 0. The molecule has 2 nitrogen and oxygen atoms in total. The quantitative estimate of drug-likeness (QED) is 0.141. The topological polar surface area (TPSA) is 8.17 Å². The van der Waals surface area contributed by atoms with Crippen molar-refractivity contribution in [1.82, 2.24) is 4.57 Å². The molecule has 1 heterocycles. The molecule has 0 N–H and O–H groups in total. The highest BCUT2D eigenvalue weighted by atomic mass is 15.1. The fourth-order valence-electron chi connectivity index (χ4n) is 8.99. The standard InChI is InChI=1S/C60H42N2/c1-4-16-43(17-5-1)46-28-32-49(33-29-46)53-22-10-13-25-57(53)61(51-38-36-48(37-39-51)45-20-8-3-9-21-45)52-40-41-56-55-24-12-15-27-59(55)62(60(56)42-52)58-26-14-11-23-54(58)50-34-30-47(31-35-50)44-18-6-2-7-19-44/h1-42H. The van der Waals surface area contributed by atoms with E-state index in [0.717, 1.165) is 39.4 Å². The van der Waals surface area contributed by atoms with Crippen LogP contribution in [0.25, 0.3) is 83.1 Å². The van der Waals surface area contributed by atoms with Crippen molar-refractivity contribution in [2.75, 3.05) is 4.90 Å².